The molecule has 0 heterocycles. The van der Waals surface area contributed by atoms with Gasteiger partial charge in [-0.2, -0.15) is 39.0 Å². The molecule has 0 aromatic heterocycles. The molecule has 2 aromatic carbocycles. The number of nitrogens with two attached hydrogens (primary N) is 1. The molecule has 2 rings (SSSR count). The van der Waals surface area contributed by atoms with Gasteiger partial charge in [-0.25, -0.2) is 0 Å². The lowest BCUT2D eigenvalue weighted by Crippen LogP contribution is -2.15. The van der Waals surface area contributed by atoms with Gasteiger partial charge in [-0.05, 0) is 54.0 Å². The van der Waals surface area contributed by atoms with Crippen LogP contribution in [0.4, 0.5) is 26.3 Å². The number of hydrogen-bond donors (Lipinski definition) is 2. The summed E-state index contributed by atoms with van der Waals surface area (Å²) in [4.78, 5) is 11.4. The average Bonchev–Trinajstić information content (AvgIpc) is 2.62. The average molecular weight is 471 g/mol. The zero-order chi connectivity index (χ0) is 23.1. The van der Waals surface area contributed by atoms with Gasteiger partial charge in [0.05, 0.1) is 17.5 Å². The molecule has 0 aliphatic rings. The predicted octanol–water partition coefficient (Wildman–Crippen LogP) is 6.20. The van der Waals surface area contributed by atoms with Crippen LogP contribution in [-0.2, 0) is 23.6 Å². The Kier molecular flexibility index (Phi) is 9.41. The van der Waals surface area contributed by atoms with Crippen molar-refractivity contribution in [3.63, 3.8) is 0 Å². The van der Waals surface area contributed by atoms with E-state index in [4.69, 9.17) is 10.5 Å². The predicted molar refractivity (Wildman–Crippen MR) is 107 cm³/mol. The Bertz CT molecular complexity index is 869. The van der Waals surface area contributed by atoms with E-state index in [9.17, 15) is 31.1 Å². The Hall–Kier alpha value is -2.01. The van der Waals surface area contributed by atoms with Gasteiger partial charge in [-0.15, -0.1) is 11.8 Å². The molecule has 11 heteroatoms. The van der Waals surface area contributed by atoms with Gasteiger partial charge < -0.3 is 10.5 Å². The topological polar surface area (TPSA) is 52.3 Å². The summed E-state index contributed by atoms with van der Waals surface area (Å²) < 4.78 is 84.5. The molecule has 2 N–H and O–H groups in total. The maximum Gasteiger partial charge on any atom is 0.420 e. The highest BCUT2D eigenvalue weighted by molar-refractivity contribution is 7.99. The van der Waals surface area contributed by atoms with Crippen LogP contribution in [0.5, 0.6) is 11.5 Å². The second-order valence-corrected chi connectivity index (χ2v) is 7.03. The number of alkyl halides is 6. The molecule has 0 aliphatic heterocycles. The van der Waals surface area contributed by atoms with Crippen LogP contribution in [0, 0.1) is 0 Å². The minimum atomic E-state index is -4.78. The molecular formula is C19H19F6NO2S2. The third-order valence-electron chi connectivity index (χ3n) is 3.47. The normalized spacial score (nSPS) is 11.5. The van der Waals surface area contributed by atoms with Crippen LogP contribution >= 0.6 is 24.4 Å². The summed E-state index contributed by atoms with van der Waals surface area (Å²) in [6, 6.07) is 5.63. The van der Waals surface area contributed by atoms with Gasteiger partial charge in [0.1, 0.15) is 11.5 Å². The van der Waals surface area contributed by atoms with Crippen LogP contribution in [0.25, 0.3) is 0 Å². The summed E-state index contributed by atoms with van der Waals surface area (Å²) in [6.07, 6.45) is -8.37. The summed E-state index contributed by atoms with van der Waals surface area (Å²) in [5.74, 6) is -1.46. The maximum atomic E-state index is 13.4. The molecule has 166 valence electrons. The highest BCUT2D eigenvalue weighted by Crippen LogP contribution is 2.41. The number of thioether (sulfide) groups is 1. The Morgan fingerprint density at radius 3 is 2.17 bits per heavy atom. The molecule has 3 nitrogen and oxygen atoms in total. The van der Waals surface area contributed by atoms with Gasteiger partial charge in [0, 0.05) is 4.90 Å². The number of hydrogen-bond acceptors (Lipinski definition) is 4. The molecule has 0 unspecified atom stereocenters. The molecule has 2 aromatic rings. The zero-order valence-electron chi connectivity index (χ0n) is 15.9. The highest BCUT2D eigenvalue weighted by Gasteiger charge is 2.36. The SMILES string of the molecule is CCSc1ccc(Oc2cc(CC(N)=O)cc(C(F)(F)F)c2)c(C(F)(F)F)c1.CS. The van der Waals surface area contributed by atoms with Crippen molar-refractivity contribution < 1.29 is 35.9 Å². The van der Waals surface area contributed by atoms with Crippen molar-refractivity contribution >= 4 is 30.3 Å². The number of primary amides is 1. The van der Waals surface area contributed by atoms with Gasteiger partial charge in [0.2, 0.25) is 5.91 Å². The van der Waals surface area contributed by atoms with Crippen LogP contribution in [-0.4, -0.2) is 17.9 Å². The fourth-order valence-corrected chi connectivity index (χ4v) is 3.09. The van der Waals surface area contributed by atoms with E-state index in [1.165, 1.54) is 17.8 Å². The fourth-order valence-electron chi connectivity index (χ4n) is 2.39. The van der Waals surface area contributed by atoms with Crippen molar-refractivity contribution in [2.75, 3.05) is 12.0 Å². The van der Waals surface area contributed by atoms with Crippen molar-refractivity contribution in [3.05, 3.63) is 53.1 Å². The third-order valence-corrected chi connectivity index (χ3v) is 4.34. The second-order valence-electron chi connectivity index (χ2n) is 5.70. The number of benzene rings is 2. The fraction of sp³-hybridized carbons (Fsp3) is 0.316. The number of ether oxygens (including phenoxy) is 1. The third kappa shape index (κ3) is 7.67. The van der Waals surface area contributed by atoms with Crippen molar-refractivity contribution in [2.24, 2.45) is 5.73 Å². The summed E-state index contributed by atoms with van der Waals surface area (Å²) in [6.45, 7) is 1.77. The van der Waals surface area contributed by atoms with Gasteiger partial charge in [-0.3, -0.25) is 4.79 Å². The van der Waals surface area contributed by atoms with Crippen LogP contribution in [0.3, 0.4) is 0 Å². The van der Waals surface area contributed by atoms with Gasteiger partial charge in [0.15, 0.2) is 0 Å². The standard InChI is InChI=1S/C18H15F6NO2S.CH4S/c1-2-28-13-3-4-15(14(9-13)18(22,23)24)27-12-6-10(7-16(25)26)5-11(8-12)17(19,20)21;1-2/h3-6,8-9H,2,7H2,1H3,(H2,25,26);2H,1H3. The van der Waals surface area contributed by atoms with Crippen molar-refractivity contribution in [1.82, 2.24) is 0 Å². The quantitative estimate of drug-likeness (QED) is 0.300. The smallest absolute Gasteiger partial charge is 0.420 e. The molecule has 0 radical (unpaired) electrons. The van der Waals surface area contributed by atoms with E-state index in [0.29, 0.717) is 22.8 Å². The van der Waals surface area contributed by atoms with Crippen molar-refractivity contribution in [2.45, 2.75) is 30.6 Å². The molecule has 0 spiro atoms. The van der Waals surface area contributed by atoms with Crippen LogP contribution in [0.2, 0.25) is 0 Å². The first-order valence-corrected chi connectivity index (χ1v) is 10.2. The van der Waals surface area contributed by atoms with Gasteiger partial charge >= 0.3 is 12.4 Å². The number of halogens is 6. The maximum absolute atomic E-state index is 13.4. The van der Waals surface area contributed by atoms with E-state index in [-0.39, 0.29) is 5.56 Å². The Morgan fingerprint density at radius 1 is 1.03 bits per heavy atom. The van der Waals surface area contributed by atoms with Crippen molar-refractivity contribution in [3.8, 4) is 11.5 Å². The first kappa shape index (κ1) is 26.0. The van der Waals surface area contributed by atoms with E-state index >= 15 is 0 Å². The summed E-state index contributed by atoms with van der Waals surface area (Å²) >= 11 is 4.71. The number of thiol groups is 1. The largest absolute Gasteiger partial charge is 0.457 e. The lowest BCUT2D eigenvalue weighted by molar-refractivity contribution is -0.139. The van der Waals surface area contributed by atoms with Crippen LogP contribution in [0.15, 0.2) is 41.3 Å². The van der Waals surface area contributed by atoms with Crippen molar-refractivity contribution in [1.29, 1.82) is 0 Å². The number of amides is 1. The molecule has 0 saturated heterocycles. The lowest BCUT2D eigenvalue weighted by Gasteiger charge is -2.17. The van der Waals surface area contributed by atoms with Gasteiger partial charge in [-0.1, -0.05) is 6.92 Å². The van der Waals surface area contributed by atoms with E-state index in [1.54, 1.807) is 13.2 Å². The summed E-state index contributed by atoms with van der Waals surface area (Å²) in [5, 5.41) is 0. The Balaban J connectivity index is 0.00000218. The first-order chi connectivity index (χ1) is 13.9. The van der Waals surface area contributed by atoms with E-state index < -0.39 is 47.3 Å². The molecule has 1 amide bonds. The highest BCUT2D eigenvalue weighted by atomic mass is 32.2. The molecule has 0 aliphatic carbocycles. The molecule has 0 atom stereocenters. The number of carbonyl (C=O) groups excluding carboxylic acids is 1. The van der Waals surface area contributed by atoms with Crippen LogP contribution in [0.1, 0.15) is 23.6 Å². The van der Waals surface area contributed by atoms with E-state index in [0.717, 1.165) is 18.2 Å². The second kappa shape index (κ2) is 10.9. The van der Waals surface area contributed by atoms with E-state index in [1.807, 2.05) is 0 Å². The lowest BCUT2D eigenvalue weighted by atomic mass is 10.1. The number of rotatable bonds is 6. The molecule has 0 saturated carbocycles. The summed E-state index contributed by atoms with van der Waals surface area (Å²) in [5.41, 5.74) is 2.61. The zero-order valence-corrected chi connectivity index (χ0v) is 17.6. The number of carbonyl (C=O) groups is 1. The van der Waals surface area contributed by atoms with Crippen LogP contribution < -0.4 is 10.5 Å². The molecule has 0 fully saturated rings. The first-order valence-electron chi connectivity index (χ1n) is 8.36. The van der Waals surface area contributed by atoms with Gasteiger partial charge in [0.25, 0.3) is 0 Å². The Labute approximate surface area is 179 Å². The monoisotopic (exact) mass is 471 g/mol. The van der Waals surface area contributed by atoms with E-state index in [2.05, 4.69) is 12.6 Å². The Morgan fingerprint density at radius 2 is 1.67 bits per heavy atom. The molecule has 0 bridgehead atoms. The minimum absolute atomic E-state index is 0.121. The molecule has 30 heavy (non-hydrogen) atoms. The molecular weight excluding hydrogens is 452 g/mol. The minimum Gasteiger partial charge on any atom is -0.457 e. The summed E-state index contributed by atoms with van der Waals surface area (Å²) in [7, 11) is 0.